The molecule has 0 saturated carbocycles. The van der Waals surface area contributed by atoms with E-state index in [1.165, 1.54) is 26.4 Å². The fraction of sp³-hybridized carbons (Fsp3) is 0.533. The van der Waals surface area contributed by atoms with Gasteiger partial charge in [0.1, 0.15) is 0 Å². The number of nitrogens with two attached hydrogens (primary N) is 1. The number of anilines is 2. The quantitative estimate of drug-likeness (QED) is 0.672. The number of hydrogen-bond donors (Lipinski definition) is 1. The summed E-state index contributed by atoms with van der Waals surface area (Å²) in [5.74, 6) is 0.448. The van der Waals surface area contributed by atoms with Gasteiger partial charge in [0.05, 0.1) is 24.0 Å². The second-order valence-electron chi connectivity index (χ2n) is 5.07. The molecule has 0 aliphatic carbocycles. The molecule has 0 unspecified atom stereocenters. The van der Waals surface area contributed by atoms with Crippen molar-refractivity contribution in [2.75, 3.05) is 30.8 Å². The van der Waals surface area contributed by atoms with Gasteiger partial charge in [-0.15, -0.1) is 0 Å². The van der Waals surface area contributed by atoms with Gasteiger partial charge in [-0.25, -0.2) is 4.79 Å². The molecule has 1 fully saturated rings. The Bertz CT molecular complexity index is 451. The van der Waals surface area contributed by atoms with Gasteiger partial charge < -0.3 is 15.4 Å². The minimum absolute atomic E-state index is 0.372. The van der Waals surface area contributed by atoms with Crippen molar-refractivity contribution in [3.63, 3.8) is 0 Å². The number of ether oxygens (including phenoxy) is 1. The lowest BCUT2D eigenvalue weighted by Crippen LogP contribution is -2.34. The zero-order chi connectivity index (χ0) is 13.8. The van der Waals surface area contributed by atoms with Crippen LogP contribution in [0.2, 0.25) is 0 Å². The van der Waals surface area contributed by atoms with E-state index in [-0.39, 0.29) is 5.97 Å². The largest absolute Gasteiger partial charge is 0.465 e. The van der Waals surface area contributed by atoms with Gasteiger partial charge in [0.15, 0.2) is 0 Å². The lowest BCUT2D eigenvalue weighted by atomic mass is 9.94. The van der Waals surface area contributed by atoms with Crippen LogP contribution in [0, 0.1) is 5.92 Å². The van der Waals surface area contributed by atoms with Crippen LogP contribution in [0.25, 0.3) is 0 Å². The Labute approximate surface area is 114 Å². The third-order valence-electron chi connectivity index (χ3n) is 4.02. The normalized spacial score (nSPS) is 16.4. The molecular weight excluding hydrogens is 240 g/mol. The number of benzene rings is 1. The molecule has 1 aromatic rings. The Kier molecular flexibility index (Phi) is 4.30. The number of methoxy groups -OCH3 is 1. The fourth-order valence-corrected chi connectivity index (χ4v) is 2.70. The molecule has 1 aliphatic heterocycles. The smallest absolute Gasteiger partial charge is 0.340 e. The van der Waals surface area contributed by atoms with E-state index in [9.17, 15) is 4.79 Å². The number of nitrogen functional groups attached to an aromatic ring is 1. The minimum atomic E-state index is -0.372. The molecule has 4 nitrogen and oxygen atoms in total. The predicted molar refractivity (Wildman–Crippen MR) is 77.4 cm³/mol. The number of rotatable bonds is 3. The molecule has 4 heteroatoms. The van der Waals surface area contributed by atoms with Crippen molar-refractivity contribution >= 4 is 17.3 Å². The Morgan fingerprint density at radius 1 is 1.42 bits per heavy atom. The van der Waals surface area contributed by atoms with E-state index < -0.39 is 0 Å². The highest BCUT2D eigenvalue weighted by atomic mass is 16.5. The van der Waals surface area contributed by atoms with Gasteiger partial charge in [-0.1, -0.05) is 19.4 Å². The molecule has 1 heterocycles. The molecule has 1 saturated heterocycles. The van der Waals surface area contributed by atoms with Crippen molar-refractivity contribution < 1.29 is 9.53 Å². The minimum Gasteiger partial charge on any atom is -0.465 e. The Hall–Kier alpha value is -1.71. The summed E-state index contributed by atoms with van der Waals surface area (Å²) in [5, 5.41) is 0. The van der Waals surface area contributed by atoms with Gasteiger partial charge in [0.2, 0.25) is 0 Å². The van der Waals surface area contributed by atoms with Crippen molar-refractivity contribution in [2.24, 2.45) is 5.92 Å². The highest BCUT2D eigenvalue weighted by Crippen LogP contribution is 2.31. The Morgan fingerprint density at radius 2 is 2.11 bits per heavy atom. The zero-order valence-corrected chi connectivity index (χ0v) is 11.7. The number of piperidine rings is 1. The molecule has 1 aromatic carbocycles. The summed E-state index contributed by atoms with van der Waals surface area (Å²) in [6, 6.07) is 5.56. The highest BCUT2D eigenvalue weighted by molar-refractivity contribution is 5.98. The maximum atomic E-state index is 11.6. The molecule has 2 rings (SSSR count). The molecular formula is C15H22N2O2. The van der Waals surface area contributed by atoms with Crippen LogP contribution in [-0.2, 0) is 4.74 Å². The third-order valence-corrected chi connectivity index (χ3v) is 4.02. The van der Waals surface area contributed by atoms with Crippen molar-refractivity contribution in [2.45, 2.75) is 26.2 Å². The lowest BCUT2D eigenvalue weighted by molar-refractivity contribution is 0.0602. The predicted octanol–water partition coefficient (Wildman–Crippen LogP) is 2.68. The van der Waals surface area contributed by atoms with Crippen LogP contribution in [0.4, 0.5) is 11.4 Å². The summed E-state index contributed by atoms with van der Waals surface area (Å²) in [4.78, 5) is 13.9. The summed E-state index contributed by atoms with van der Waals surface area (Å²) < 4.78 is 4.76. The van der Waals surface area contributed by atoms with Crippen LogP contribution in [-0.4, -0.2) is 26.2 Å². The van der Waals surface area contributed by atoms with E-state index in [1.54, 1.807) is 6.07 Å². The van der Waals surface area contributed by atoms with Crippen LogP contribution in [0.3, 0.4) is 0 Å². The van der Waals surface area contributed by atoms with E-state index in [4.69, 9.17) is 10.5 Å². The first-order valence-corrected chi connectivity index (χ1v) is 6.89. The lowest BCUT2D eigenvalue weighted by Gasteiger charge is -2.34. The maximum absolute atomic E-state index is 11.6. The fourth-order valence-electron chi connectivity index (χ4n) is 2.70. The molecule has 0 aromatic heterocycles. The third kappa shape index (κ3) is 2.83. The molecule has 0 amide bonds. The summed E-state index contributed by atoms with van der Waals surface area (Å²) in [7, 11) is 1.38. The molecule has 1 aliphatic rings. The molecule has 0 atom stereocenters. The van der Waals surface area contributed by atoms with Gasteiger partial charge >= 0.3 is 5.97 Å². The van der Waals surface area contributed by atoms with Crippen LogP contribution in [0.1, 0.15) is 36.5 Å². The van der Waals surface area contributed by atoms with Gasteiger partial charge in [0.25, 0.3) is 0 Å². The van der Waals surface area contributed by atoms with Gasteiger partial charge in [-0.2, -0.15) is 0 Å². The molecule has 0 radical (unpaired) electrons. The van der Waals surface area contributed by atoms with Gasteiger partial charge in [0, 0.05) is 13.1 Å². The van der Waals surface area contributed by atoms with E-state index in [0.29, 0.717) is 11.3 Å². The van der Waals surface area contributed by atoms with Crippen LogP contribution >= 0.6 is 0 Å². The first kappa shape index (κ1) is 13.7. The van der Waals surface area contributed by atoms with Crippen molar-refractivity contribution in [3.05, 3.63) is 23.8 Å². The first-order valence-electron chi connectivity index (χ1n) is 6.89. The number of carbonyl (C=O) groups excluding carboxylic acids is 1. The van der Waals surface area contributed by atoms with Crippen molar-refractivity contribution in [3.8, 4) is 0 Å². The standard InChI is InChI=1S/C15H22N2O2/c1-3-11-7-9-17(10-8-11)13-6-4-5-12(14(13)16)15(18)19-2/h4-6,11H,3,7-10,16H2,1-2H3. The summed E-state index contributed by atoms with van der Waals surface area (Å²) >= 11 is 0. The van der Waals surface area contributed by atoms with E-state index in [2.05, 4.69) is 11.8 Å². The maximum Gasteiger partial charge on any atom is 0.340 e. The van der Waals surface area contributed by atoms with Crippen LogP contribution in [0.5, 0.6) is 0 Å². The molecule has 19 heavy (non-hydrogen) atoms. The number of carbonyl (C=O) groups is 1. The molecule has 104 valence electrons. The molecule has 2 N–H and O–H groups in total. The SMILES string of the molecule is CCC1CCN(c2cccc(C(=O)OC)c2N)CC1. The first-order chi connectivity index (χ1) is 9.17. The second kappa shape index (κ2) is 5.95. The van der Waals surface area contributed by atoms with Crippen molar-refractivity contribution in [1.29, 1.82) is 0 Å². The summed E-state index contributed by atoms with van der Waals surface area (Å²) in [6.45, 7) is 4.26. The number of nitrogens with zero attached hydrogens (tertiary/aromatic N) is 1. The summed E-state index contributed by atoms with van der Waals surface area (Å²) in [5.41, 5.74) is 8.06. The molecule has 0 spiro atoms. The topological polar surface area (TPSA) is 55.6 Å². The van der Waals surface area contributed by atoms with Crippen molar-refractivity contribution in [1.82, 2.24) is 0 Å². The highest BCUT2D eigenvalue weighted by Gasteiger charge is 2.21. The summed E-state index contributed by atoms with van der Waals surface area (Å²) in [6.07, 6.45) is 3.63. The van der Waals surface area contributed by atoms with Gasteiger partial charge in [-0.3, -0.25) is 0 Å². The monoisotopic (exact) mass is 262 g/mol. The average molecular weight is 262 g/mol. The van der Waals surface area contributed by atoms with E-state index >= 15 is 0 Å². The number of hydrogen-bond acceptors (Lipinski definition) is 4. The Morgan fingerprint density at radius 3 is 2.68 bits per heavy atom. The van der Waals surface area contributed by atoms with Gasteiger partial charge in [-0.05, 0) is 30.9 Å². The average Bonchev–Trinajstić information content (AvgIpc) is 2.47. The molecule has 0 bridgehead atoms. The number of esters is 1. The van der Waals surface area contributed by atoms with Crippen LogP contribution < -0.4 is 10.6 Å². The Balaban J connectivity index is 2.19. The second-order valence-corrected chi connectivity index (χ2v) is 5.07. The zero-order valence-electron chi connectivity index (χ0n) is 11.7. The van der Waals surface area contributed by atoms with E-state index in [0.717, 1.165) is 24.7 Å². The van der Waals surface area contributed by atoms with E-state index in [1.807, 2.05) is 12.1 Å². The number of para-hydroxylation sites is 1. The van der Waals surface area contributed by atoms with Crippen LogP contribution in [0.15, 0.2) is 18.2 Å².